The smallest absolute Gasteiger partial charge is 0.264 e. The van der Waals surface area contributed by atoms with Gasteiger partial charge in [0.2, 0.25) is 17.7 Å². The number of para-hydroxylation sites is 1. The Kier molecular flexibility index (Phi) is 31.7. The first kappa shape index (κ1) is 58.1. The Hall–Kier alpha value is -4.49. The highest BCUT2D eigenvalue weighted by molar-refractivity contribution is 6.26. The van der Waals surface area contributed by atoms with Crippen LogP contribution >= 0.6 is 0 Å². The van der Waals surface area contributed by atoms with Gasteiger partial charge in [-0.15, -0.1) is 0 Å². The fourth-order valence-electron chi connectivity index (χ4n) is 6.75. The van der Waals surface area contributed by atoms with E-state index in [9.17, 15) is 24.0 Å². The summed E-state index contributed by atoms with van der Waals surface area (Å²) in [6.07, 6.45) is 2.43. The number of unbranched alkanes of at least 4 members (excludes halogenated alkanes) is 2. The van der Waals surface area contributed by atoms with E-state index in [1.165, 1.54) is 6.07 Å². The van der Waals surface area contributed by atoms with Gasteiger partial charge in [0.25, 0.3) is 11.8 Å². The number of rotatable bonds is 45. The van der Waals surface area contributed by atoms with Crippen molar-refractivity contribution in [1.29, 1.82) is 0 Å². The quantitative estimate of drug-likeness (QED) is 0.0718. The zero-order valence-electron chi connectivity index (χ0n) is 40.4. The van der Waals surface area contributed by atoms with Gasteiger partial charge >= 0.3 is 0 Å². The molecular weight excluding hydrogens is 919 g/mol. The molecule has 21 nitrogen and oxygen atoms in total. The second-order valence-corrected chi connectivity index (χ2v) is 15.5. The van der Waals surface area contributed by atoms with Gasteiger partial charge in [0.05, 0.1) is 169 Å². The van der Waals surface area contributed by atoms with Gasteiger partial charge in [-0.1, -0.05) is 30.7 Å². The summed E-state index contributed by atoms with van der Waals surface area (Å²) in [5, 5.41) is 4.91. The third kappa shape index (κ3) is 25.1. The molecule has 392 valence electrons. The molecule has 0 bridgehead atoms. The van der Waals surface area contributed by atoms with E-state index in [0.29, 0.717) is 172 Å². The molecule has 1 atom stereocenters. The second kappa shape index (κ2) is 38.2. The Balaban J connectivity index is 0.781. The summed E-state index contributed by atoms with van der Waals surface area (Å²) in [5.41, 5.74) is 0.375. The molecule has 2 heterocycles. The summed E-state index contributed by atoms with van der Waals surface area (Å²) in [5.74, 6) is -1.89. The third-order valence-electron chi connectivity index (χ3n) is 10.3. The number of anilines is 1. The monoisotopic (exact) mass is 991 g/mol. The third-order valence-corrected chi connectivity index (χ3v) is 10.3. The van der Waals surface area contributed by atoms with E-state index >= 15 is 0 Å². The first-order chi connectivity index (χ1) is 34.5. The van der Waals surface area contributed by atoms with Crippen molar-refractivity contribution in [2.45, 2.75) is 44.6 Å². The molecule has 0 radical (unpaired) electrons. The van der Waals surface area contributed by atoms with Gasteiger partial charge in [-0.3, -0.25) is 34.2 Å². The molecule has 5 amide bonds. The fraction of sp³-hybridized carbons (Fsp3) is 0.653. The lowest BCUT2D eigenvalue weighted by molar-refractivity contribution is -0.136. The average molecular weight is 992 g/mol. The zero-order chi connectivity index (χ0) is 49.5. The largest absolute Gasteiger partial charge is 0.491 e. The molecule has 1 unspecified atom stereocenters. The van der Waals surface area contributed by atoms with Crippen LogP contribution in [-0.2, 0) is 71.2 Å². The summed E-state index contributed by atoms with van der Waals surface area (Å²) in [6.45, 7) is 12.0. The van der Waals surface area contributed by atoms with Crippen LogP contribution in [0.5, 0.6) is 5.75 Å². The number of carbonyl (C=O) groups excluding carboxylic acids is 5. The lowest BCUT2D eigenvalue weighted by atomic mass is 10.0. The molecule has 2 N–H and O–H groups in total. The lowest BCUT2D eigenvalue weighted by Gasteiger charge is -2.27. The SMILES string of the molecule is O=C1CCC(N2C(=O)c3cccc(NC(=O)CCCCCOCCOCCOCCOCCOCCOCCOCCOCCOCCOCCOCCOCCOc4ccccc4)c3C2=O)C(=O)N1. The van der Waals surface area contributed by atoms with Crippen molar-refractivity contribution in [3.63, 3.8) is 0 Å². The zero-order valence-corrected chi connectivity index (χ0v) is 40.4. The van der Waals surface area contributed by atoms with Gasteiger partial charge in [0.15, 0.2) is 0 Å². The maximum absolute atomic E-state index is 13.2. The number of benzene rings is 2. The highest BCUT2D eigenvalue weighted by Gasteiger charge is 2.45. The van der Waals surface area contributed by atoms with Crippen LogP contribution in [0.1, 0.15) is 59.2 Å². The maximum atomic E-state index is 13.2. The summed E-state index contributed by atoms with van der Waals surface area (Å²) >= 11 is 0. The standard InChI is InChI=1S/C49H73N3O18/c53-44(50-42-11-7-10-41-46(42)49(57)52(48(41)56)43-13-14-45(54)51-47(43)55)12-5-2-6-15-58-16-17-59-18-19-60-20-21-61-22-23-62-24-25-63-26-27-64-28-29-65-30-31-66-32-33-67-34-35-68-36-37-69-38-39-70-40-8-3-1-4-9-40/h1,3-4,7-11,43H,2,5-6,12-39H2,(H,50,53)(H,51,54,55). The van der Waals surface area contributed by atoms with E-state index in [0.717, 1.165) is 23.5 Å². The topological polar surface area (TPSA) is 233 Å². The van der Waals surface area contributed by atoms with Gasteiger partial charge in [-0.25, -0.2) is 0 Å². The van der Waals surface area contributed by atoms with Gasteiger partial charge in [0, 0.05) is 19.4 Å². The van der Waals surface area contributed by atoms with Crippen molar-refractivity contribution >= 4 is 35.2 Å². The van der Waals surface area contributed by atoms with Crippen molar-refractivity contribution in [2.75, 3.05) is 170 Å². The highest BCUT2D eigenvalue weighted by Crippen LogP contribution is 2.32. The summed E-state index contributed by atoms with van der Waals surface area (Å²) < 4.78 is 71.7. The fourth-order valence-corrected chi connectivity index (χ4v) is 6.75. The molecule has 0 aliphatic carbocycles. The van der Waals surface area contributed by atoms with Crippen LogP contribution in [0.25, 0.3) is 0 Å². The minimum Gasteiger partial charge on any atom is -0.491 e. The number of hydrogen-bond donors (Lipinski definition) is 2. The van der Waals surface area contributed by atoms with E-state index < -0.39 is 29.7 Å². The molecule has 1 fully saturated rings. The molecule has 0 saturated carbocycles. The molecule has 1 saturated heterocycles. The molecule has 2 aliphatic rings. The van der Waals surface area contributed by atoms with Crippen LogP contribution in [0.15, 0.2) is 48.5 Å². The second-order valence-electron chi connectivity index (χ2n) is 15.5. The number of nitrogens with one attached hydrogen (secondary N) is 2. The van der Waals surface area contributed by atoms with Gasteiger partial charge in [0.1, 0.15) is 18.4 Å². The van der Waals surface area contributed by atoms with Crippen LogP contribution in [0, 0.1) is 0 Å². The van der Waals surface area contributed by atoms with Crippen LogP contribution in [-0.4, -0.2) is 206 Å². The molecule has 2 aromatic carbocycles. The Labute approximate surface area is 410 Å². The molecule has 21 heteroatoms. The Bertz CT molecular complexity index is 1760. The number of hydrogen-bond acceptors (Lipinski definition) is 18. The number of imide groups is 2. The number of nitrogens with zero attached hydrogens (tertiary/aromatic N) is 1. The summed E-state index contributed by atoms with van der Waals surface area (Å²) in [6, 6.07) is 13.2. The van der Waals surface area contributed by atoms with Crippen molar-refractivity contribution in [3.8, 4) is 5.75 Å². The Morgan fingerprint density at radius 1 is 0.486 bits per heavy atom. The van der Waals surface area contributed by atoms with Crippen molar-refractivity contribution in [2.24, 2.45) is 0 Å². The lowest BCUT2D eigenvalue weighted by Crippen LogP contribution is -2.54. The Morgan fingerprint density at radius 3 is 1.36 bits per heavy atom. The predicted octanol–water partition coefficient (Wildman–Crippen LogP) is 2.86. The first-order valence-corrected chi connectivity index (χ1v) is 24.2. The summed E-state index contributed by atoms with van der Waals surface area (Å²) in [7, 11) is 0. The predicted molar refractivity (Wildman–Crippen MR) is 252 cm³/mol. The van der Waals surface area contributed by atoms with Crippen LogP contribution in [0.2, 0.25) is 0 Å². The molecule has 0 aromatic heterocycles. The number of piperidine rings is 1. The molecular formula is C49H73N3O18. The van der Waals surface area contributed by atoms with Gasteiger partial charge in [-0.05, 0) is 43.5 Å². The molecule has 2 aliphatic heterocycles. The summed E-state index contributed by atoms with van der Waals surface area (Å²) in [4.78, 5) is 63.7. The number of amides is 5. The Morgan fingerprint density at radius 2 is 0.914 bits per heavy atom. The van der Waals surface area contributed by atoms with Crippen molar-refractivity contribution in [3.05, 3.63) is 59.7 Å². The van der Waals surface area contributed by atoms with Gasteiger partial charge < -0.3 is 66.9 Å². The van der Waals surface area contributed by atoms with Crippen LogP contribution in [0.4, 0.5) is 5.69 Å². The molecule has 2 aromatic rings. The first-order valence-electron chi connectivity index (χ1n) is 24.2. The average Bonchev–Trinajstić information content (AvgIpc) is 3.62. The number of ether oxygens (including phenoxy) is 13. The molecule has 0 spiro atoms. The number of fused-ring (bicyclic) bond motifs is 1. The highest BCUT2D eigenvalue weighted by atomic mass is 16.6. The van der Waals surface area contributed by atoms with Crippen molar-refractivity contribution < 1.29 is 85.6 Å². The normalized spacial score (nSPS) is 14.6. The van der Waals surface area contributed by atoms with E-state index in [1.54, 1.807) is 12.1 Å². The minimum absolute atomic E-state index is 0.0255. The van der Waals surface area contributed by atoms with Crippen LogP contribution < -0.4 is 15.4 Å². The van der Waals surface area contributed by atoms with E-state index in [-0.39, 0.29) is 42.0 Å². The van der Waals surface area contributed by atoms with Crippen LogP contribution in [0.3, 0.4) is 0 Å². The van der Waals surface area contributed by atoms with Crippen molar-refractivity contribution in [1.82, 2.24) is 10.2 Å². The van der Waals surface area contributed by atoms with E-state index in [4.69, 9.17) is 61.6 Å². The molecule has 70 heavy (non-hydrogen) atoms. The van der Waals surface area contributed by atoms with Gasteiger partial charge in [-0.2, -0.15) is 0 Å². The van der Waals surface area contributed by atoms with E-state index in [2.05, 4.69) is 10.6 Å². The van der Waals surface area contributed by atoms with E-state index in [1.807, 2.05) is 30.3 Å². The number of carbonyl (C=O) groups is 5. The minimum atomic E-state index is -1.08. The maximum Gasteiger partial charge on any atom is 0.264 e. The molecule has 4 rings (SSSR count).